The van der Waals surface area contributed by atoms with Crippen LogP contribution in [0.3, 0.4) is 0 Å². The van der Waals surface area contributed by atoms with Crippen LogP contribution < -0.4 is 0 Å². The summed E-state index contributed by atoms with van der Waals surface area (Å²) >= 11 is 0. The van der Waals surface area contributed by atoms with Crippen LogP contribution in [0, 0.1) is 0 Å². The molecule has 0 saturated heterocycles. The zero-order valence-corrected chi connectivity index (χ0v) is 12.2. The maximum Gasteiger partial charge on any atom is 0.337 e. The van der Waals surface area contributed by atoms with Crippen molar-refractivity contribution in [3.05, 3.63) is 36.8 Å². The van der Waals surface area contributed by atoms with E-state index in [2.05, 4.69) is 6.58 Å². The Morgan fingerprint density at radius 1 is 1.47 bits per heavy atom. The lowest BCUT2D eigenvalue weighted by molar-refractivity contribution is 0.120. The van der Waals surface area contributed by atoms with Gasteiger partial charge in [0.05, 0.1) is 25.1 Å². The van der Waals surface area contributed by atoms with Gasteiger partial charge >= 0.3 is 7.60 Å². The fraction of sp³-hybridized carbons (Fsp3) is 0.538. The highest BCUT2D eigenvalue weighted by Crippen LogP contribution is 2.58. The lowest BCUT2D eigenvalue weighted by Crippen LogP contribution is -2.21. The summed E-state index contributed by atoms with van der Waals surface area (Å²) in [6.45, 7) is 7.58. The van der Waals surface area contributed by atoms with Crippen LogP contribution in [0.25, 0.3) is 0 Å². The lowest BCUT2D eigenvalue weighted by atomic mass is 10.1. The zero-order chi connectivity index (χ0) is 14.3. The summed E-state index contributed by atoms with van der Waals surface area (Å²) in [7, 11) is -3.42. The molecule has 5 nitrogen and oxygen atoms in total. The Kier molecular flexibility index (Phi) is 6.52. The van der Waals surface area contributed by atoms with E-state index in [9.17, 15) is 9.67 Å². The molecule has 1 aromatic heterocycles. The normalized spacial score (nSPS) is 15.1. The summed E-state index contributed by atoms with van der Waals surface area (Å²) in [4.78, 5) is 0. The first-order valence-electron chi connectivity index (χ1n) is 6.30. The van der Waals surface area contributed by atoms with Crippen LogP contribution in [0.15, 0.2) is 35.5 Å². The summed E-state index contributed by atoms with van der Waals surface area (Å²) in [6, 6.07) is 3.29. The average Bonchev–Trinajstić information content (AvgIpc) is 2.89. The number of hydrogen-bond acceptors (Lipinski definition) is 5. The summed E-state index contributed by atoms with van der Waals surface area (Å²) in [5.74, 6) is 0.339. The fourth-order valence-electron chi connectivity index (χ4n) is 1.84. The summed E-state index contributed by atoms with van der Waals surface area (Å²) < 4.78 is 28.5. The number of aliphatic hydroxyl groups is 1. The molecule has 0 aliphatic rings. The van der Waals surface area contributed by atoms with Gasteiger partial charge in [-0.25, -0.2) is 0 Å². The minimum absolute atomic E-state index is 0.246. The molecular formula is C13H21O5P. The second-order valence-corrected chi connectivity index (χ2v) is 6.19. The van der Waals surface area contributed by atoms with Crippen molar-refractivity contribution in [2.24, 2.45) is 0 Å². The van der Waals surface area contributed by atoms with E-state index in [0.29, 0.717) is 12.2 Å². The maximum absolute atomic E-state index is 12.7. The SMILES string of the molecule is C=CCC(C(O)c1ccco1)P(=O)(OCC)OCC. The number of allylic oxidation sites excluding steroid dienone is 1. The molecular weight excluding hydrogens is 267 g/mol. The van der Waals surface area contributed by atoms with E-state index in [1.54, 1.807) is 32.1 Å². The Hall–Kier alpha value is -0.870. The van der Waals surface area contributed by atoms with Gasteiger partial charge in [0.1, 0.15) is 11.9 Å². The van der Waals surface area contributed by atoms with Crippen molar-refractivity contribution >= 4 is 7.60 Å². The van der Waals surface area contributed by atoms with Crippen molar-refractivity contribution < 1.29 is 23.1 Å². The largest absolute Gasteiger partial charge is 0.467 e. The molecule has 0 aliphatic heterocycles. The Labute approximate surface area is 113 Å². The molecule has 0 bridgehead atoms. The standard InChI is InChI=1S/C13H21O5P/c1-4-8-12(13(14)11-9-7-10-16-11)19(15,17-5-2)18-6-3/h4,7,9-10,12-14H,1,5-6,8H2,2-3H3. The highest BCUT2D eigenvalue weighted by atomic mass is 31.2. The van der Waals surface area contributed by atoms with Crippen molar-refractivity contribution in [2.45, 2.75) is 32.0 Å². The van der Waals surface area contributed by atoms with E-state index in [1.807, 2.05) is 0 Å². The predicted molar refractivity (Wildman–Crippen MR) is 73.1 cm³/mol. The number of rotatable bonds is 9. The van der Waals surface area contributed by atoms with E-state index in [-0.39, 0.29) is 13.2 Å². The van der Waals surface area contributed by atoms with Gasteiger partial charge < -0.3 is 18.6 Å². The highest BCUT2D eigenvalue weighted by molar-refractivity contribution is 7.54. The molecule has 1 heterocycles. The molecule has 2 unspecified atom stereocenters. The van der Waals surface area contributed by atoms with Crippen molar-refractivity contribution in [3.8, 4) is 0 Å². The first-order valence-corrected chi connectivity index (χ1v) is 7.91. The van der Waals surface area contributed by atoms with Crippen molar-refractivity contribution in [2.75, 3.05) is 13.2 Å². The summed E-state index contributed by atoms with van der Waals surface area (Å²) in [5.41, 5.74) is -0.726. The number of aliphatic hydroxyl groups excluding tert-OH is 1. The zero-order valence-electron chi connectivity index (χ0n) is 11.3. The molecule has 1 aromatic rings. The first kappa shape index (κ1) is 16.2. The molecule has 1 rings (SSSR count). The highest BCUT2D eigenvalue weighted by Gasteiger charge is 2.41. The van der Waals surface area contributed by atoms with Crippen LogP contribution >= 0.6 is 7.60 Å². The second kappa shape index (κ2) is 7.65. The Balaban J connectivity index is 3.02. The Morgan fingerprint density at radius 2 is 2.11 bits per heavy atom. The van der Waals surface area contributed by atoms with Gasteiger partial charge in [-0.2, -0.15) is 0 Å². The van der Waals surface area contributed by atoms with Gasteiger partial charge in [-0.1, -0.05) is 6.08 Å². The van der Waals surface area contributed by atoms with Gasteiger partial charge in [-0.15, -0.1) is 6.58 Å². The van der Waals surface area contributed by atoms with Crippen LogP contribution in [-0.2, 0) is 13.6 Å². The molecule has 0 aromatic carbocycles. The van der Waals surface area contributed by atoms with Crippen molar-refractivity contribution in [3.63, 3.8) is 0 Å². The average molecular weight is 288 g/mol. The number of furan rings is 1. The van der Waals surface area contributed by atoms with Crippen LogP contribution in [0.4, 0.5) is 0 Å². The van der Waals surface area contributed by atoms with Gasteiger partial charge in [0.2, 0.25) is 0 Å². The molecule has 0 radical (unpaired) electrons. The van der Waals surface area contributed by atoms with E-state index in [1.165, 1.54) is 6.26 Å². The quantitative estimate of drug-likeness (QED) is 0.556. The topological polar surface area (TPSA) is 68.9 Å². The Morgan fingerprint density at radius 3 is 2.53 bits per heavy atom. The third-order valence-corrected chi connectivity index (χ3v) is 5.17. The minimum atomic E-state index is -3.42. The number of hydrogen-bond donors (Lipinski definition) is 1. The molecule has 0 aliphatic carbocycles. The molecule has 0 spiro atoms. The second-order valence-electron chi connectivity index (χ2n) is 3.93. The smallest absolute Gasteiger partial charge is 0.337 e. The van der Waals surface area contributed by atoms with Crippen LogP contribution in [0.2, 0.25) is 0 Å². The summed E-state index contributed by atoms with van der Waals surface area (Å²) in [5, 5.41) is 10.3. The third kappa shape index (κ3) is 4.05. The van der Waals surface area contributed by atoms with Gasteiger partial charge in [-0.05, 0) is 32.4 Å². The Bertz CT molecular complexity index is 405. The molecule has 108 valence electrons. The molecule has 2 atom stereocenters. The fourth-order valence-corrected chi connectivity index (χ4v) is 3.92. The van der Waals surface area contributed by atoms with Crippen LogP contribution in [0.5, 0.6) is 0 Å². The van der Waals surface area contributed by atoms with Crippen LogP contribution in [-0.4, -0.2) is 24.0 Å². The lowest BCUT2D eigenvalue weighted by Gasteiger charge is -2.28. The summed E-state index contributed by atoms with van der Waals surface area (Å²) in [6.07, 6.45) is 2.29. The van der Waals surface area contributed by atoms with Crippen molar-refractivity contribution in [1.82, 2.24) is 0 Å². The van der Waals surface area contributed by atoms with Crippen molar-refractivity contribution in [1.29, 1.82) is 0 Å². The molecule has 0 amide bonds. The first-order chi connectivity index (χ1) is 9.09. The monoisotopic (exact) mass is 288 g/mol. The molecule has 6 heteroatoms. The van der Waals surface area contributed by atoms with E-state index < -0.39 is 19.4 Å². The molecule has 0 saturated carbocycles. The van der Waals surface area contributed by atoms with E-state index in [4.69, 9.17) is 13.5 Å². The van der Waals surface area contributed by atoms with Gasteiger partial charge in [0.25, 0.3) is 0 Å². The van der Waals surface area contributed by atoms with Gasteiger partial charge in [0.15, 0.2) is 0 Å². The van der Waals surface area contributed by atoms with Gasteiger partial charge in [0, 0.05) is 0 Å². The third-order valence-electron chi connectivity index (χ3n) is 2.63. The predicted octanol–water partition coefficient (Wildman–Crippen LogP) is 3.52. The molecule has 0 fully saturated rings. The minimum Gasteiger partial charge on any atom is -0.467 e. The van der Waals surface area contributed by atoms with Crippen LogP contribution in [0.1, 0.15) is 32.1 Å². The molecule has 1 N–H and O–H groups in total. The van der Waals surface area contributed by atoms with E-state index >= 15 is 0 Å². The maximum atomic E-state index is 12.7. The van der Waals surface area contributed by atoms with Gasteiger partial charge in [-0.3, -0.25) is 4.57 Å². The van der Waals surface area contributed by atoms with E-state index in [0.717, 1.165) is 0 Å². The molecule has 19 heavy (non-hydrogen) atoms.